The molecule has 134 valence electrons. The highest BCUT2D eigenvalue weighted by Crippen LogP contribution is 2.31. The summed E-state index contributed by atoms with van der Waals surface area (Å²) in [5.74, 6) is 1.34. The van der Waals surface area contributed by atoms with Gasteiger partial charge in [0.1, 0.15) is 5.82 Å². The van der Waals surface area contributed by atoms with Crippen LogP contribution in [0.2, 0.25) is 0 Å². The first-order chi connectivity index (χ1) is 13.9. The predicted molar refractivity (Wildman–Crippen MR) is 116 cm³/mol. The standard InChI is InChI=1S/C24H18N4/c1-3-10-18(11-4-1)25-23-21-16-15-17-9-7-8-14-20(17)22(21)27-24(28-23)26-19-12-5-2-6-13-19/h1-16H,(H2,25,26,27,28). The number of hydrogen-bond donors (Lipinski definition) is 2. The van der Waals surface area contributed by atoms with Gasteiger partial charge in [0.2, 0.25) is 5.95 Å². The molecular formula is C24H18N4. The molecule has 0 atom stereocenters. The molecule has 0 aliphatic rings. The van der Waals surface area contributed by atoms with Crippen molar-refractivity contribution in [2.24, 2.45) is 0 Å². The zero-order chi connectivity index (χ0) is 18.8. The zero-order valence-electron chi connectivity index (χ0n) is 15.1. The Morgan fingerprint density at radius 2 is 1.14 bits per heavy atom. The third kappa shape index (κ3) is 3.12. The maximum atomic E-state index is 4.84. The van der Waals surface area contributed by atoms with Crippen molar-refractivity contribution < 1.29 is 0 Å². The van der Waals surface area contributed by atoms with Crippen molar-refractivity contribution in [1.29, 1.82) is 0 Å². The number of anilines is 4. The van der Waals surface area contributed by atoms with Crippen molar-refractivity contribution in [3.8, 4) is 0 Å². The number of rotatable bonds is 4. The second-order valence-corrected chi connectivity index (χ2v) is 6.56. The van der Waals surface area contributed by atoms with Crippen LogP contribution >= 0.6 is 0 Å². The van der Waals surface area contributed by atoms with Gasteiger partial charge in [-0.15, -0.1) is 0 Å². The van der Waals surface area contributed by atoms with Crippen LogP contribution in [0.25, 0.3) is 21.7 Å². The Morgan fingerprint density at radius 3 is 1.89 bits per heavy atom. The molecule has 0 amide bonds. The first kappa shape index (κ1) is 16.3. The summed E-state index contributed by atoms with van der Waals surface area (Å²) in [6.07, 6.45) is 0. The van der Waals surface area contributed by atoms with Crippen molar-refractivity contribution in [3.63, 3.8) is 0 Å². The van der Waals surface area contributed by atoms with Gasteiger partial charge in [0.25, 0.3) is 0 Å². The Labute approximate surface area is 162 Å². The van der Waals surface area contributed by atoms with Gasteiger partial charge in [-0.25, -0.2) is 4.98 Å². The largest absolute Gasteiger partial charge is 0.340 e. The molecule has 1 aromatic heterocycles. The van der Waals surface area contributed by atoms with E-state index in [9.17, 15) is 0 Å². The molecule has 2 N–H and O–H groups in total. The third-order valence-corrected chi connectivity index (χ3v) is 4.66. The van der Waals surface area contributed by atoms with Gasteiger partial charge in [0.05, 0.1) is 5.52 Å². The Bertz CT molecular complexity index is 1250. The van der Waals surface area contributed by atoms with Crippen LogP contribution < -0.4 is 10.6 Å². The lowest BCUT2D eigenvalue weighted by Crippen LogP contribution is -2.02. The van der Waals surface area contributed by atoms with E-state index in [4.69, 9.17) is 9.97 Å². The maximum Gasteiger partial charge on any atom is 0.229 e. The maximum absolute atomic E-state index is 4.84. The predicted octanol–water partition coefficient (Wildman–Crippen LogP) is 6.27. The van der Waals surface area contributed by atoms with Crippen molar-refractivity contribution in [1.82, 2.24) is 9.97 Å². The lowest BCUT2D eigenvalue weighted by Gasteiger charge is -2.13. The van der Waals surface area contributed by atoms with Gasteiger partial charge in [0.15, 0.2) is 0 Å². The van der Waals surface area contributed by atoms with E-state index in [-0.39, 0.29) is 0 Å². The Morgan fingerprint density at radius 1 is 0.500 bits per heavy atom. The normalized spacial score (nSPS) is 10.9. The topological polar surface area (TPSA) is 49.8 Å². The fraction of sp³-hybridized carbons (Fsp3) is 0. The molecule has 4 aromatic carbocycles. The molecule has 28 heavy (non-hydrogen) atoms. The van der Waals surface area contributed by atoms with Crippen LogP contribution in [-0.4, -0.2) is 9.97 Å². The van der Waals surface area contributed by atoms with E-state index in [1.54, 1.807) is 0 Å². The minimum Gasteiger partial charge on any atom is -0.340 e. The Kier molecular flexibility index (Phi) is 4.07. The second-order valence-electron chi connectivity index (χ2n) is 6.56. The van der Waals surface area contributed by atoms with Gasteiger partial charge in [-0.2, -0.15) is 4.98 Å². The average molecular weight is 362 g/mol. The van der Waals surface area contributed by atoms with Crippen LogP contribution in [0.15, 0.2) is 97.1 Å². The number of nitrogens with zero attached hydrogens (tertiary/aromatic N) is 2. The number of benzene rings is 4. The summed E-state index contributed by atoms with van der Waals surface area (Å²) in [6, 6.07) is 32.5. The van der Waals surface area contributed by atoms with E-state index in [0.29, 0.717) is 5.95 Å². The molecule has 5 rings (SSSR count). The molecule has 0 radical (unpaired) electrons. The average Bonchev–Trinajstić information content (AvgIpc) is 2.75. The summed E-state index contributed by atoms with van der Waals surface area (Å²) in [4.78, 5) is 9.60. The van der Waals surface area contributed by atoms with E-state index in [0.717, 1.165) is 38.9 Å². The van der Waals surface area contributed by atoms with E-state index in [2.05, 4.69) is 34.9 Å². The fourth-order valence-electron chi connectivity index (χ4n) is 3.32. The van der Waals surface area contributed by atoms with Crippen molar-refractivity contribution >= 4 is 44.8 Å². The van der Waals surface area contributed by atoms with Gasteiger partial charge in [-0.1, -0.05) is 66.7 Å². The molecule has 0 aliphatic heterocycles. The summed E-state index contributed by atoms with van der Waals surface area (Å²) in [5.41, 5.74) is 2.86. The fourth-order valence-corrected chi connectivity index (χ4v) is 3.32. The summed E-state index contributed by atoms with van der Waals surface area (Å²) >= 11 is 0. The molecule has 0 unspecified atom stereocenters. The van der Waals surface area contributed by atoms with Crippen LogP contribution in [0, 0.1) is 0 Å². The number of para-hydroxylation sites is 2. The van der Waals surface area contributed by atoms with Crippen LogP contribution in [0.3, 0.4) is 0 Å². The Balaban J connectivity index is 1.70. The molecule has 0 bridgehead atoms. The summed E-state index contributed by atoms with van der Waals surface area (Å²) < 4.78 is 0. The quantitative estimate of drug-likeness (QED) is 0.370. The zero-order valence-corrected chi connectivity index (χ0v) is 15.1. The van der Waals surface area contributed by atoms with Crippen LogP contribution in [-0.2, 0) is 0 Å². The second kappa shape index (κ2) is 7.00. The molecule has 0 saturated carbocycles. The molecular weight excluding hydrogens is 344 g/mol. The lowest BCUT2D eigenvalue weighted by atomic mass is 10.1. The van der Waals surface area contributed by atoms with Gasteiger partial charge >= 0.3 is 0 Å². The number of hydrogen-bond acceptors (Lipinski definition) is 4. The number of aromatic nitrogens is 2. The molecule has 0 saturated heterocycles. The van der Waals surface area contributed by atoms with Gasteiger partial charge in [-0.05, 0) is 35.7 Å². The molecule has 4 heteroatoms. The Hall–Kier alpha value is -3.92. The third-order valence-electron chi connectivity index (χ3n) is 4.66. The van der Waals surface area contributed by atoms with Crippen molar-refractivity contribution in [2.75, 3.05) is 10.6 Å². The van der Waals surface area contributed by atoms with E-state index >= 15 is 0 Å². The first-order valence-electron chi connectivity index (χ1n) is 9.20. The monoisotopic (exact) mass is 362 g/mol. The van der Waals surface area contributed by atoms with Gasteiger partial charge in [0, 0.05) is 22.1 Å². The van der Waals surface area contributed by atoms with Gasteiger partial charge < -0.3 is 10.6 Å². The van der Waals surface area contributed by atoms with Crippen molar-refractivity contribution in [2.45, 2.75) is 0 Å². The van der Waals surface area contributed by atoms with Crippen LogP contribution in [0.1, 0.15) is 0 Å². The number of fused-ring (bicyclic) bond motifs is 3. The van der Waals surface area contributed by atoms with Crippen molar-refractivity contribution in [3.05, 3.63) is 97.1 Å². The molecule has 5 aromatic rings. The minimum atomic E-state index is 0.563. The van der Waals surface area contributed by atoms with E-state index < -0.39 is 0 Å². The highest BCUT2D eigenvalue weighted by atomic mass is 15.1. The molecule has 1 heterocycles. The highest BCUT2D eigenvalue weighted by molar-refractivity contribution is 6.09. The summed E-state index contributed by atoms with van der Waals surface area (Å²) in [7, 11) is 0. The van der Waals surface area contributed by atoms with E-state index in [1.165, 1.54) is 0 Å². The molecule has 0 aliphatic carbocycles. The van der Waals surface area contributed by atoms with E-state index in [1.807, 2.05) is 72.8 Å². The van der Waals surface area contributed by atoms with Crippen LogP contribution in [0.4, 0.5) is 23.1 Å². The first-order valence-corrected chi connectivity index (χ1v) is 9.20. The number of nitrogens with one attached hydrogen (secondary N) is 2. The molecule has 0 fully saturated rings. The summed E-state index contributed by atoms with van der Waals surface area (Å²) in [6.45, 7) is 0. The molecule has 0 spiro atoms. The SMILES string of the molecule is c1ccc(Nc2nc(Nc3ccccc3)c3ccc4ccccc4c3n2)cc1. The van der Waals surface area contributed by atoms with Crippen LogP contribution in [0.5, 0.6) is 0 Å². The van der Waals surface area contributed by atoms with Gasteiger partial charge in [-0.3, -0.25) is 0 Å². The lowest BCUT2D eigenvalue weighted by molar-refractivity contribution is 1.21. The minimum absolute atomic E-state index is 0.563. The highest BCUT2D eigenvalue weighted by Gasteiger charge is 2.11. The smallest absolute Gasteiger partial charge is 0.229 e. The molecule has 4 nitrogen and oxygen atoms in total. The summed E-state index contributed by atoms with van der Waals surface area (Å²) in [5, 5.41) is 10.0.